The van der Waals surface area contributed by atoms with Crippen molar-refractivity contribution >= 4 is 23.4 Å². The van der Waals surface area contributed by atoms with Crippen molar-refractivity contribution in [3.63, 3.8) is 0 Å². The van der Waals surface area contributed by atoms with Crippen LogP contribution in [0.4, 0.5) is 0 Å². The number of hydrogen-bond donors (Lipinski definition) is 1. The fraction of sp³-hybridized carbons (Fsp3) is 0.182. The normalized spacial score (nSPS) is 12.5. The van der Waals surface area contributed by atoms with Crippen molar-refractivity contribution < 1.29 is 19.0 Å². The summed E-state index contributed by atoms with van der Waals surface area (Å²) in [5.41, 5.74) is 5.55. The number of methoxy groups -OCH3 is 1. The maximum atomic E-state index is 12.5. The Morgan fingerprint density at radius 3 is 2.71 bits per heavy atom. The number of ether oxygens (including phenoxy) is 3. The molecule has 0 radical (unpaired) electrons. The quantitative estimate of drug-likeness (QED) is 0.261. The molecule has 1 amide bonds. The third-order valence-electron chi connectivity index (χ3n) is 4.56. The number of carbonyl (C=O) groups excluding carboxylic acids is 1. The Bertz CT molecular complexity index is 1120. The van der Waals surface area contributed by atoms with Gasteiger partial charge in [0.05, 0.1) is 12.8 Å². The van der Waals surface area contributed by atoms with Gasteiger partial charge in [0.2, 0.25) is 6.79 Å². The molecule has 0 atom stereocenters. The van der Waals surface area contributed by atoms with Crippen LogP contribution in [0.1, 0.15) is 28.4 Å². The topological polar surface area (TPSA) is 94.9 Å². The van der Waals surface area contributed by atoms with E-state index in [-0.39, 0.29) is 12.7 Å². The molecule has 1 aliphatic heterocycles. The molecule has 0 saturated carbocycles. The zero-order chi connectivity index (χ0) is 21.6. The smallest absolute Gasteiger partial charge is 0.271 e. The number of hydrazone groups is 1. The number of aromatic nitrogens is 2. The molecule has 3 aromatic rings. The zero-order valence-corrected chi connectivity index (χ0v) is 17.8. The van der Waals surface area contributed by atoms with Crippen molar-refractivity contribution in [2.24, 2.45) is 5.10 Å². The lowest BCUT2D eigenvalue weighted by Crippen LogP contribution is -2.19. The summed E-state index contributed by atoms with van der Waals surface area (Å²) in [5, 5.41) is 4.94. The number of amides is 1. The van der Waals surface area contributed by atoms with Crippen LogP contribution in [-0.2, 0) is 5.75 Å². The third kappa shape index (κ3) is 4.95. The van der Waals surface area contributed by atoms with Gasteiger partial charge in [-0.3, -0.25) is 4.79 Å². The van der Waals surface area contributed by atoms with E-state index in [4.69, 9.17) is 14.2 Å². The molecule has 0 bridgehead atoms. The second kappa shape index (κ2) is 9.48. The monoisotopic (exact) mass is 436 g/mol. The molecule has 9 heteroatoms. The molecule has 0 saturated heterocycles. The molecule has 1 aromatic heterocycles. The Hall–Kier alpha value is -3.59. The zero-order valence-electron chi connectivity index (χ0n) is 17.0. The first-order chi connectivity index (χ1) is 15.1. The van der Waals surface area contributed by atoms with Gasteiger partial charge in [0.1, 0.15) is 5.75 Å². The van der Waals surface area contributed by atoms with E-state index in [2.05, 4.69) is 20.5 Å². The van der Waals surface area contributed by atoms with E-state index in [0.29, 0.717) is 33.7 Å². The highest BCUT2D eigenvalue weighted by Gasteiger charge is 2.16. The van der Waals surface area contributed by atoms with Crippen LogP contribution < -0.4 is 19.6 Å². The summed E-state index contributed by atoms with van der Waals surface area (Å²) in [7, 11) is 1.63. The summed E-state index contributed by atoms with van der Waals surface area (Å²) in [5.74, 6) is 2.25. The van der Waals surface area contributed by atoms with Gasteiger partial charge in [0.25, 0.3) is 5.91 Å². The van der Waals surface area contributed by atoms with E-state index < -0.39 is 0 Å². The van der Waals surface area contributed by atoms with Crippen LogP contribution in [-0.4, -0.2) is 35.5 Å². The van der Waals surface area contributed by atoms with E-state index in [1.54, 1.807) is 43.8 Å². The molecule has 0 unspecified atom stereocenters. The number of carbonyl (C=O) groups is 1. The van der Waals surface area contributed by atoms with Gasteiger partial charge in [-0.1, -0.05) is 11.8 Å². The van der Waals surface area contributed by atoms with Gasteiger partial charge in [-0.15, -0.1) is 0 Å². The molecule has 31 heavy (non-hydrogen) atoms. The molecule has 2 aromatic carbocycles. The van der Waals surface area contributed by atoms with Crippen LogP contribution in [0.15, 0.2) is 65.1 Å². The van der Waals surface area contributed by atoms with Gasteiger partial charge in [-0.05, 0) is 55.0 Å². The number of benzene rings is 2. The number of hydrogen-bond acceptors (Lipinski definition) is 8. The van der Waals surface area contributed by atoms with E-state index in [1.165, 1.54) is 11.8 Å². The van der Waals surface area contributed by atoms with Crippen LogP contribution in [0.5, 0.6) is 17.2 Å². The van der Waals surface area contributed by atoms with Gasteiger partial charge < -0.3 is 14.2 Å². The molecule has 0 spiro atoms. The van der Waals surface area contributed by atoms with E-state index in [9.17, 15) is 4.79 Å². The standard InChI is InChI=1S/C22H20N4O4S/c1-14(25-26-21(27)16-5-7-19-20(11-16)30-13-29-19)15-4-6-18(28-2)17(10-15)12-31-22-23-8-3-9-24-22/h3-11H,12-13H2,1-2H3,(H,26,27). The van der Waals surface area contributed by atoms with E-state index in [0.717, 1.165) is 16.9 Å². The summed E-state index contributed by atoms with van der Waals surface area (Å²) in [6.07, 6.45) is 3.42. The SMILES string of the molecule is COc1ccc(C(C)=NNC(=O)c2ccc3c(c2)OCO3)cc1CSc1ncccn1. The van der Waals surface area contributed by atoms with Crippen molar-refractivity contribution in [3.05, 3.63) is 71.5 Å². The Morgan fingerprint density at radius 2 is 1.90 bits per heavy atom. The van der Waals surface area contributed by atoms with Crippen LogP contribution >= 0.6 is 11.8 Å². The minimum absolute atomic E-state index is 0.159. The summed E-state index contributed by atoms with van der Waals surface area (Å²) < 4.78 is 16.1. The maximum absolute atomic E-state index is 12.5. The summed E-state index contributed by atoms with van der Waals surface area (Å²) >= 11 is 1.51. The second-order valence-electron chi connectivity index (χ2n) is 6.55. The number of thioether (sulfide) groups is 1. The molecule has 1 N–H and O–H groups in total. The molecule has 8 nitrogen and oxygen atoms in total. The number of nitrogens with one attached hydrogen (secondary N) is 1. The van der Waals surface area contributed by atoms with Gasteiger partial charge in [-0.25, -0.2) is 15.4 Å². The lowest BCUT2D eigenvalue weighted by Gasteiger charge is -2.10. The van der Waals surface area contributed by atoms with Crippen molar-refractivity contribution in [2.75, 3.05) is 13.9 Å². The molecule has 1 aliphatic rings. The fourth-order valence-corrected chi connectivity index (χ4v) is 3.70. The first-order valence-corrected chi connectivity index (χ1v) is 10.4. The van der Waals surface area contributed by atoms with Gasteiger partial charge in [0, 0.05) is 29.3 Å². The van der Waals surface area contributed by atoms with Gasteiger partial charge >= 0.3 is 0 Å². The number of rotatable bonds is 7. The third-order valence-corrected chi connectivity index (χ3v) is 5.48. The van der Waals surface area contributed by atoms with Crippen LogP contribution in [0.25, 0.3) is 0 Å². The largest absolute Gasteiger partial charge is 0.496 e. The highest BCUT2D eigenvalue weighted by atomic mass is 32.2. The molecular formula is C22H20N4O4S. The van der Waals surface area contributed by atoms with Crippen molar-refractivity contribution in [2.45, 2.75) is 17.8 Å². The molecule has 2 heterocycles. The number of nitrogens with zero attached hydrogens (tertiary/aromatic N) is 3. The molecular weight excluding hydrogens is 416 g/mol. The molecule has 0 aliphatic carbocycles. The molecule has 158 valence electrons. The van der Waals surface area contributed by atoms with Crippen LogP contribution in [0.3, 0.4) is 0 Å². The van der Waals surface area contributed by atoms with E-state index >= 15 is 0 Å². The predicted molar refractivity (Wildman–Crippen MR) is 117 cm³/mol. The minimum atomic E-state index is -0.330. The Labute approximate surface area is 183 Å². The lowest BCUT2D eigenvalue weighted by atomic mass is 10.1. The predicted octanol–water partition coefficient (Wildman–Crippen LogP) is 3.66. The Kier molecular flexibility index (Phi) is 6.32. The van der Waals surface area contributed by atoms with Gasteiger partial charge in [0.15, 0.2) is 16.7 Å². The summed E-state index contributed by atoms with van der Waals surface area (Å²) in [4.78, 5) is 20.9. The van der Waals surface area contributed by atoms with Crippen LogP contribution in [0, 0.1) is 0 Å². The first kappa shape index (κ1) is 20.7. The fourth-order valence-electron chi connectivity index (χ4n) is 2.92. The van der Waals surface area contributed by atoms with E-state index in [1.807, 2.05) is 25.1 Å². The highest BCUT2D eigenvalue weighted by molar-refractivity contribution is 7.98. The summed E-state index contributed by atoms with van der Waals surface area (Å²) in [6, 6.07) is 12.6. The van der Waals surface area contributed by atoms with Gasteiger partial charge in [-0.2, -0.15) is 5.10 Å². The van der Waals surface area contributed by atoms with Crippen molar-refractivity contribution in [1.29, 1.82) is 0 Å². The average molecular weight is 436 g/mol. The first-order valence-electron chi connectivity index (χ1n) is 9.45. The van der Waals surface area contributed by atoms with Crippen LogP contribution in [0.2, 0.25) is 0 Å². The molecule has 4 rings (SSSR count). The molecule has 0 fully saturated rings. The van der Waals surface area contributed by atoms with Crippen molar-refractivity contribution in [3.8, 4) is 17.2 Å². The second-order valence-corrected chi connectivity index (χ2v) is 7.50. The average Bonchev–Trinajstić information content (AvgIpc) is 3.29. The Balaban J connectivity index is 1.46. The highest BCUT2D eigenvalue weighted by Crippen LogP contribution is 2.32. The minimum Gasteiger partial charge on any atom is -0.496 e. The lowest BCUT2D eigenvalue weighted by molar-refractivity contribution is 0.0954. The maximum Gasteiger partial charge on any atom is 0.271 e. The Morgan fingerprint density at radius 1 is 1.13 bits per heavy atom. The number of fused-ring (bicyclic) bond motifs is 1. The summed E-state index contributed by atoms with van der Waals surface area (Å²) in [6.45, 7) is 1.99. The van der Waals surface area contributed by atoms with Crippen molar-refractivity contribution in [1.82, 2.24) is 15.4 Å².